The van der Waals surface area contributed by atoms with Crippen LogP contribution in [0.1, 0.15) is 24.7 Å². The zero-order valence-electron chi connectivity index (χ0n) is 17.3. The van der Waals surface area contributed by atoms with E-state index in [9.17, 15) is 9.59 Å². The second-order valence-electron chi connectivity index (χ2n) is 7.85. The van der Waals surface area contributed by atoms with Gasteiger partial charge in [-0.25, -0.2) is 9.67 Å². The number of imidazole rings is 1. The van der Waals surface area contributed by atoms with Crippen LogP contribution in [0.4, 0.5) is 0 Å². The van der Waals surface area contributed by atoms with Crippen LogP contribution in [0.25, 0.3) is 21.6 Å². The average Bonchev–Trinajstić information content (AvgIpc) is 3.43. The SMILES string of the molecule is Cc1nc2ccccc2n1CC(=O)N1CCCC(n2nc(-c3cccs3)ccc2=O)C1. The van der Waals surface area contributed by atoms with Gasteiger partial charge < -0.3 is 9.47 Å². The van der Waals surface area contributed by atoms with Crippen LogP contribution < -0.4 is 5.56 Å². The number of aromatic nitrogens is 4. The van der Waals surface area contributed by atoms with E-state index in [0.717, 1.165) is 40.3 Å². The van der Waals surface area contributed by atoms with Crippen molar-refractivity contribution in [2.45, 2.75) is 32.4 Å². The van der Waals surface area contributed by atoms with Crippen LogP contribution in [0, 0.1) is 6.92 Å². The fraction of sp³-hybridized carbons (Fsp3) is 0.304. The van der Waals surface area contributed by atoms with E-state index in [-0.39, 0.29) is 24.1 Å². The number of fused-ring (bicyclic) bond motifs is 1. The second-order valence-corrected chi connectivity index (χ2v) is 8.80. The highest BCUT2D eigenvalue weighted by Gasteiger charge is 2.27. The normalized spacial score (nSPS) is 16.7. The Morgan fingerprint density at radius 2 is 2.03 bits per heavy atom. The molecule has 5 rings (SSSR count). The Morgan fingerprint density at radius 3 is 2.87 bits per heavy atom. The molecular formula is C23H23N5O2S. The lowest BCUT2D eigenvalue weighted by Gasteiger charge is -2.33. The number of rotatable bonds is 4. The molecule has 31 heavy (non-hydrogen) atoms. The summed E-state index contributed by atoms with van der Waals surface area (Å²) < 4.78 is 3.52. The van der Waals surface area contributed by atoms with Crippen LogP contribution in [0.3, 0.4) is 0 Å². The molecule has 0 spiro atoms. The van der Waals surface area contributed by atoms with Gasteiger partial charge in [0.15, 0.2) is 0 Å². The van der Waals surface area contributed by atoms with E-state index >= 15 is 0 Å². The molecule has 8 heteroatoms. The van der Waals surface area contributed by atoms with Crippen LogP contribution in [0.5, 0.6) is 0 Å². The highest BCUT2D eigenvalue weighted by Crippen LogP contribution is 2.24. The lowest BCUT2D eigenvalue weighted by atomic mass is 10.1. The number of hydrogen-bond acceptors (Lipinski definition) is 5. The number of amides is 1. The van der Waals surface area contributed by atoms with Crippen molar-refractivity contribution < 1.29 is 4.79 Å². The lowest BCUT2D eigenvalue weighted by molar-refractivity contribution is -0.133. The van der Waals surface area contributed by atoms with Gasteiger partial charge in [-0.1, -0.05) is 18.2 Å². The molecule has 3 aromatic heterocycles. The minimum absolute atomic E-state index is 0.0402. The zero-order valence-corrected chi connectivity index (χ0v) is 18.1. The third-order valence-electron chi connectivity index (χ3n) is 5.83. The number of piperidine rings is 1. The van der Waals surface area contributed by atoms with Crippen molar-refractivity contribution in [3.05, 3.63) is 70.1 Å². The summed E-state index contributed by atoms with van der Waals surface area (Å²) in [5.41, 5.74) is 2.52. The summed E-state index contributed by atoms with van der Waals surface area (Å²) in [5.74, 6) is 0.864. The maximum atomic E-state index is 13.1. The van der Waals surface area contributed by atoms with Crippen molar-refractivity contribution >= 4 is 28.3 Å². The van der Waals surface area contributed by atoms with Crippen molar-refractivity contribution in [3.63, 3.8) is 0 Å². The van der Waals surface area contributed by atoms with E-state index in [1.807, 2.05) is 58.2 Å². The predicted molar refractivity (Wildman–Crippen MR) is 121 cm³/mol. The van der Waals surface area contributed by atoms with Gasteiger partial charge in [0.05, 0.1) is 22.0 Å². The van der Waals surface area contributed by atoms with E-state index in [1.54, 1.807) is 28.2 Å². The van der Waals surface area contributed by atoms with Gasteiger partial charge in [-0.15, -0.1) is 11.3 Å². The Balaban J connectivity index is 1.37. The van der Waals surface area contributed by atoms with Gasteiger partial charge >= 0.3 is 0 Å². The van der Waals surface area contributed by atoms with Crippen molar-refractivity contribution in [1.29, 1.82) is 0 Å². The number of hydrogen-bond donors (Lipinski definition) is 0. The number of carbonyl (C=O) groups excluding carboxylic acids is 1. The van der Waals surface area contributed by atoms with E-state index in [2.05, 4.69) is 10.1 Å². The van der Waals surface area contributed by atoms with Gasteiger partial charge in [0.2, 0.25) is 5.91 Å². The fourth-order valence-electron chi connectivity index (χ4n) is 4.25. The van der Waals surface area contributed by atoms with Crippen LogP contribution in [0.2, 0.25) is 0 Å². The molecule has 0 saturated carbocycles. The number of likely N-dealkylation sites (tertiary alicyclic amines) is 1. The smallest absolute Gasteiger partial charge is 0.267 e. The first-order valence-electron chi connectivity index (χ1n) is 10.4. The fourth-order valence-corrected chi connectivity index (χ4v) is 4.94. The molecule has 1 amide bonds. The first kappa shape index (κ1) is 19.7. The molecule has 1 fully saturated rings. The molecule has 1 aromatic carbocycles. The van der Waals surface area contributed by atoms with Crippen LogP contribution in [0.15, 0.2) is 58.7 Å². The zero-order chi connectivity index (χ0) is 21.4. The predicted octanol–water partition coefficient (Wildman–Crippen LogP) is 3.49. The minimum atomic E-state index is -0.129. The first-order valence-corrected chi connectivity index (χ1v) is 11.3. The standard InChI is InChI=1S/C23H23N5O2S/c1-16-24-18-7-2-3-8-20(18)27(16)15-23(30)26-12-4-6-17(14-26)28-22(29)11-10-19(25-28)21-9-5-13-31-21/h2-3,5,7-11,13,17H,4,6,12,14-15H2,1H3. The Hall–Kier alpha value is -3.26. The molecule has 0 radical (unpaired) electrons. The number of thiophene rings is 1. The third-order valence-corrected chi connectivity index (χ3v) is 6.72. The van der Waals surface area contributed by atoms with E-state index in [4.69, 9.17) is 0 Å². The Morgan fingerprint density at radius 1 is 1.16 bits per heavy atom. The largest absolute Gasteiger partial charge is 0.339 e. The van der Waals surface area contributed by atoms with Gasteiger partial charge in [-0.3, -0.25) is 9.59 Å². The van der Waals surface area contributed by atoms with E-state index in [0.29, 0.717) is 13.1 Å². The molecule has 1 saturated heterocycles. The molecule has 0 bridgehead atoms. The minimum Gasteiger partial charge on any atom is -0.339 e. The number of carbonyl (C=O) groups is 1. The quantitative estimate of drug-likeness (QED) is 0.494. The molecule has 4 aromatic rings. The van der Waals surface area contributed by atoms with Crippen molar-refractivity contribution in [3.8, 4) is 10.6 Å². The highest BCUT2D eigenvalue weighted by atomic mass is 32.1. The molecule has 158 valence electrons. The van der Waals surface area contributed by atoms with Gasteiger partial charge in [-0.05, 0) is 49.4 Å². The number of para-hydroxylation sites is 2. The molecule has 1 atom stereocenters. The molecule has 7 nitrogen and oxygen atoms in total. The Bertz CT molecular complexity index is 1290. The van der Waals surface area contributed by atoms with Crippen molar-refractivity contribution in [2.75, 3.05) is 13.1 Å². The van der Waals surface area contributed by atoms with Crippen LogP contribution >= 0.6 is 11.3 Å². The van der Waals surface area contributed by atoms with Crippen molar-refractivity contribution in [2.24, 2.45) is 0 Å². The van der Waals surface area contributed by atoms with E-state index < -0.39 is 0 Å². The summed E-state index contributed by atoms with van der Waals surface area (Å²) in [6, 6.07) is 15.0. The van der Waals surface area contributed by atoms with Crippen molar-refractivity contribution in [1.82, 2.24) is 24.2 Å². The molecule has 4 heterocycles. The van der Waals surface area contributed by atoms with Gasteiger partial charge in [0, 0.05) is 19.2 Å². The summed E-state index contributed by atoms with van der Waals surface area (Å²) >= 11 is 1.60. The summed E-state index contributed by atoms with van der Waals surface area (Å²) in [6.45, 7) is 3.36. The molecule has 0 aliphatic carbocycles. The maximum Gasteiger partial charge on any atom is 0.267 e. The number of aryl methyl sites for hydroxylation is 1. The molecule has 0 N–H and O–H groups in total. The number of nitrogens with zero attached hydrogens (tertiary/aromatic N) is 5. The second kappa shape index (κ2) is 8.11. The molecular weight excluding hydrogens is 410 g/mol. The van der Waals surface area contributed by atoms with Crippen LogP contribution in [-0.2, 0) is 11.3 Å². The monoisotopic (exact) mass is 433 g/mol. The van der Waals surface area contributed by atoms with Gasteiger partial charge in [-0.2, -0.15) is 5.10 Å². The Kier molecular flexibility index (Phi) is 5.15. The summed E-state index contributed by atoms with van der Waals surface area (Å²) in [4.78, 5) is 33.1. The topological polar surface area (TPSA) is 73.0 Å². The van der Waals surface area contributed by atoms with Crippen LogP contribution in [-0.4, -0.2) is 43.2 Å². The first-order chi connectivity index (χ1) is 15.1. The van der Waals surface area contributed by atoms with E-state index in [1.165, 1.54) is 0 Å². The third kappa shape index (κ3) is 3.79. The highest BCUT2D eigenvalue weighted by molar-refractivity contribution is 7.13. The summed E-state index contributed by atoms with van der Waals surface area (Å²) in [6.07, 6.45) is 1.68. The number of benzene rings is 1. The summed E-state index contributed by atoms with van der Waals surface area (Å²) in [5, 5.41) is 6.62. The van der Waals surface area contributed by atoms with Gasteiger partial charge in [0.25, 0.3) is 5.56 Å². The van der Waals surface area contributed by atoms with Gasteiger partial charge in [0.1, 0.15) is 18.1 Å². The molecule has 1 unspecified atom stereocenters. The summed E-state index contributed by atoms with van der Waals surface area (Å²) in [7, 11) is 0. The maximum absolute atomic E-state index is 13.1. The average molecular weight is 434 g/mol. The molecule has 1 aliphatic rings. The lowest BCUT2D eigenvalue weighted by Crippen LogP contribution is -2.44. The molecule has 1 aliphatic heterocycles. The Labute approximate surface area is 183 Å².